The Labute approximate surface area is 229 Å². The summed E-state index contributed by atoms with van der Waals surface area (Å²) < 4.78 is 11.7. The van der Waals surface area contributed by atoms with Crippen molar-refractivity contribution in [2.24, 2.45) is 0 Å². The van der Waals surface area contributed by atoms with Crippen molar-refractivity contribution < 1.29 is 33.4 Å². The van der Waals surface area contributed by atoms with Crippen molar-refractivity contribution in [2.45, 2.75) is 12.8 Å². The molecule has 0 aliphatic heterocycles. The maximum atomic E-state index is 12.5. The largest absolute Gasteiger partial charge is 0.457 e. The van der Waals surface area contributed by atoms with Crippen LogP contribution < -0.4 is 5.32 Å². The molecule has 0 heterocycles. The van der Waals surface area contributed by atoms with Crippen LogP contribution in [-0.2, 0) is 19.1 Å². The van der Waals surface area contributed by atoms with Crippen LogP contribution in [0.2, 0.25) is 0 Å². The highest BCUT2D eigenvalue weighted by Crippen LogP contribution is 2.18. The molecule has 0 saturated carbocycles. The molecule has 0 radical (unpaired) electrons. The number of benzene rings is 3. The molecule has 3 aromatic carbocycles. The van der Waals surface area contributed by atoms with Gasteiger partial charge in [0.2, 0.25) is 5.91 Å². The zero-order chi connectivity index (χ0) is 26.8. The van der Waals surface area contributed by atoms with Gasteiger partial charge in [0, 0.05) is 26.5 Å². The average molecular weight is 631 g/mol. The van der Waals surface area contributed by atoms with Crippen LogP contribution in [0.1, 0.15) is 43.9 Å². The summed E-state index contributed by atoms with van der Waals surface area (Å²) in [6.07, 6.45) is -0.482. The number of nitrogens with one attached hydrogen (secondary N) is 1. The fourth-order valence-corrected chi connectivity index (χ4v) is 3.59. The predicted molar refractivity (Wildman–Crippen MR) is 142 cm³/mol. The number of ketones is 2. The van der Waals surface area contributed by atoms with E-state index in [0.717, 1.165) is 8.95 Å². The van der Waals surface area contributed by atoms with Crippen molar-refractivity contribution in [1.29, 1.82) is 0 Å². The van der Waals surface area contributed by atoms with Crippen molar-refractivity contribution >= 4 is 67.0 Å². The number of carbonyl (C=O) groups is 5. The third-order valence-electron chi connectivity index (χ3n) is 5.01. The Hall–Kier alpha value is -3.63. The first-order chi connectivity index (χ1) is 17.7. The normalized spacial score (nSPS) is 10.3. The molecule has 10 heteroatoms. The van der Waals surface area contributed by atoms with Gasteiger partial charge in [0.15, 0.2) is 24.8 Å². The summed E-state index contributed by atoms with van der Waals surface area (Å²) >= 11 is 6.56. The van der Waals surface area contributed by atoms with E-state index in [2.05, 4.69) is 37.2 Å². The smallest absolute Gasteiger partial charge is 0.340 e. The van der Waals surface area contributed by atoms with Crippen LogP contribution in [0.25, 0.3) is 0 Å². The molecule has 0 fully saturated rings. The van der Waals surface area contributed by atoms with E-state index in [1.807, 2.05) is 0 Å². The Kier molecular flexibility index (Phi) is 10.3. The monoisotopic (exact) mass is 629 g/mol. The van der Waals surface area contributed by atoms with Crippen molar-refractivity contribution in [3.8, 4) is 0 Å². The molecule has 190 valence electrons. The molecule has 0 atom stereocenters. The molecule has 37 heavy (non-hydrogen) atoms. The van der Waals surface area contributed by atoms with Gasteiger partial charge >= 0.3 is 11.9 Å². The van der Waals surface area contributed by atoms with E-state index in [1.165, 1.54) is 12.1 Å². The molecule has 3 rings (SSSR count). The second-order valence-electron chi connectivity index (χ2n) is 7.69. The summed E-state index contributed by atoms with van der Waals surface area (Å²) in [5, 5.41) is 2.56. The van der Waals surface area contributed by atoms with Crippen molar-refractivity contribution in [3.05, 3.63) is 98.4 Å². The number of para-hydroxylation sites is 1. The van der Waals surface area contributed by atoms with Gasteiger partial charge in [0.1, 0.15) is 0 Å². The summed E-state index contributed by atoms with van der Waals surface area (Å²) in [6, 6.07) is 19.4. The lowest BCUT2D eigenvalue weighted by Gasteiger charge is -2.11. The van der Waals surface area contributed by atoms with Gasteiger partial charge in [-0.3, -0.25) is 19.2 Å². The van der Waals surface area contributed by atoms with E-state index in [9.17, 15) is 24.0 Å². The first-order valence-electron chi connectivity index (χ1n) is 11.0. The quantitative estimate of drug-likeness (QED) is 0.223. The van der Waals surface area contributed by atoms with Gasteiger partial charge in [-0.15, -0.1) is 0 Å². The fourth-order valence-electron chi connectivity index (χ4n) is 3.06. The Morgan fingerprint density at radius 1 is 0.649 bits per heavy atom. The van der Waals surface area contributed by atoms with E-state index in [4.69, 9.17) is 9.47 Å². The lowest BCUT2D eigenvalue weighted by molar-refractivity contribution is -0.143. The van der Waals surface area contributed by atoms with Crippen LogP contribution in [0, 0.1) is 0 Å². The summed E-state index contributed by atoms with van der Waals surface area (Å²) in [7, 11) is 0. The zero-order valence-corrected chi connectivity index (χ0v) is 22.5. The molecule has 0 aliphatic carbocycles. The number of ether oxygens (including phenoxy) is 2. The number of rotatable bonds is 11. The van der Waals surface area contributed by atoms with Crippen LogP contribution in [0.3, 0.4) is 0 Å². The first kappa shape index (κ1) is 27.9. The van der Waals surface area contributed by atoms with Crippen LogP contribution in [0.5, 0.6) is 0 Å². The molecule has 8 nitrogen and oxygen atoms in total. The van der Waals surface area contributed by atoms with Crippen LogP contribution in [0.4, 0.5) is 5.69 Å². The molecule has 0 bridgehead atoms. The minimum Gasteiger partial charge on any atom is -0.457 e. The minimum absolute atomic E-state index is 0.0575. The Morgan fingerprint density at radius 3 is 1.73 bits per heavy atom. The minimum atomic E-state index is -0.785. The van der Waals surface area contributed by atoms with E-state index < -0.39 is 31.1 Å². The van der Waals surface area contributed by atoms with Crippen LogP contribution >= 0.6 is 31.9 Å². The number of hydrogen-bond acceptors (Lipinski definition) is 7. The van der Waals surface area contributed by atoms with E-state index in [-0.39, 0.29) is 35.7 Å². The van der Waals surface area contributed by atoms with Crippen molar-refractivity contribution in [1.82, 2.24) is 0 Å². The molecular formula is C27H21Br2NO7. The number of hydrogen-bond donors (Lipinski definition) is 1. The Morgan fingerprint density at radius 2 is 1.16 bits per heavy atom. The highest BCUT2D eigenvalue weighted by molar-refractivity contribution is 9.10. The fraction of sp³-hybridized carbons (Fsp3) is 0.148. The highest BCUT2D eigenvalue weighted by atomic mass is 79.9. The lowest BCUT2D eigenvalue weighted by Crippen LogP contribution is -2.19. The number of carbonyl (C=O) groups excluding carboxylic acids is 5. The van der Waals surface area contributed by atoms with E-state index in [0.29, 0.717) is 11.1 Å². The standard InChI is InChI=1S/C27H21Br2NO7/c28-19-9-5-17(6-10-19)23(31)15-36-26(34)14-13-25(33)30-22-4-2-1-3-21(22)27(35)37-16-24(32)18-7-11-20(29)12-8-18/h1-12H,13-16H2,(H,30,33). The van der Waals surface area contributed by atoms with Gasteiger partial charge < -0.3 is 14.8 Å². The zero-order valence-electron chi connectivity index (χ0n) is 19.4. The summed E-state index contributed by atoms with van der Waals surface area (Å²) in [4.78, 5) is 61.2. The number of amides is 1. The van der Waals surface area contributed by atoms with Gasteiger partial charge in [-0.05, 0) is 36.4 Å². The molecule has 0 aromatic heterocycles. The maximum absolute atomic E-state index is 12.5. The molecule has 0 unspecified atom stereocenters. The number of esters is 2. The van der Waals surface area contributed by atoms with E-state index >= 15 is 0 Å². The second kappa shape index (κ2) is 13.6. The third-order valence-corrected chi connectivity index (χ3v) is 6.07. The second-order valence-corrected chi connectivity index (χ2v) is 9.52. The number of anilines is 1. The molecule has 3 aromatic rings. The summed E-state index contributed by atoms with van der Waals surface area (Å²) in [5.74, 6) is -2.77. The Bertz CT molecular complexity index is 1310. The molecule has 1 N–H and O–H groups in total. The van der Waals surface area contributed by atoms with Gasteiger partial charge in [-0.25, -0.2) is 4.79 Å². The van der Waals surface area contributed by atoms with Crippen molar-refractivity contribution in [2.75, 3.05) is 18.5 Å². The lowest BCUT2D eigenvalue weighted by atomic mass is 10.1. The first-order valence-corrected chi connectivity index (χ1v) is 12.6. The predicted octanol–water partition coefficient (Wildman–Crippen LogP) is 5.40. The molecule has 1 amide bonds. The van der Waals surface area contributed by atoms with Gasteiger partial charge in [0.25, 0.3) is 0 Å². The molecule has 0 saturated heterocycles. The average Bonchev–Trinajstić information content (AvgIpc) is 2.90. The number of Topliss-reactive ketones (excluding diaryl/α,β-unsaturated/α-hetero) is 2. The van der Waals surface area contributed by atoms with E-state index in [1.54, 1.807) is 60.7 Å². The molecule has 0 spiro atoms. The third kappa shape index (κ3) is 8.76. The van der Waals surface area contributed by atoms with Gasteiger partial charge in [-0.2, -0.15) is 0 Å². The SMILES string of the molecule is O=C(CCC(=O)OCC(=O)c1ccc(Br)cc1)Nc1ccccc1C(=O)OCC(=O)c1ccc(Br)cc1. The molecular weight excluding hydrogens is 610 g/mol. The van der Waals surface area contributed by atoms with Crippen LogP contribution in [-0.4, -0.2) is 42.6 Å². The van der Waals surface area contributed by atoms with Gasteiger partial charge in [0.05, 0.1) is 17.7 Å². The van der Waals surface area contributed by atoms with Gasteiger partial charge in [-0.1, -0.05) is 68.3 Å². The summed E-state index contributed by atoms with van der Waals surface area (Å²) in [6.45, 7) is -0.900. The summed E-state index contributed by atoms with van der Waals surface area (Å²) in [5.41, 5.74) is 1.02. The van der Waals surface area contributed by atoms with Crippen LogP contribution in [0.15, 0.2) is 81.7 Å². The topological polar surface area (TPSA) is 116 Å². The number of halogens is 2. The Balaban J connectivity index is 1.47. The molecule has 0 aliphatic rings. The highest BCUT2D eigenvalue weighted by Gasteiger charge is 2.18. The maximum Gasteiger partial charge on any atom is 0.340 e. The van der Waals surface area contributed by atoms with Crippen molar-refractivity contribution in [3.63, 3.8) is 0 Å².